The number of thioether (sulfide) groups is 1. The lowest BCUT2D eigenvalue weighted by atomic mass is 10.1. The zero-order valence-electron chi connectivity index (χ0n) is 16.0. The third-order valence-corrected chi connectivity index (χ3v) is 5.73. The van der Waals surface area contributed by atoms with Gasteiger partial charge in [0.15, 0.2) is 11.5 Å². The second-order valence-electron chi connectivity index (χ2n) is 6.10. The molecule has 0 unspecified atom stereocenters. The van der Waals surface area contributed by atoms with E-state index in [-0.39, 0.29) is 22.2 Å². The summed E-state index contributed by atoms with van der Waals surface area (Å²) in [6.07, 6.45) is 1.48. The van der Waals surface area contributed by atoms with Crippen LogP contribution in [0.3, 0.4) is 0 Å². The Kier molecular flexibility index (Phi) is 6.87. The van der Waals surface area contributed by atoms with E-state index >= 15 is 0 Å². The van der Waals surface area contributed by atoms with Gasteiger partial charge in [0.1, 0.15) is 6.54 Å². The van der Waals surface area contributed by atoms with E-state index in [2.05, 4.69) is 27.9 Å². The molecule has 2 N–H and O–H groups in total. The van der Waals surface area contributed by atoms with Crippen molar-refractivity contribution in [2.45, 2.75) is 0 Å². The number of anilines is 1. The van der Waals surface area contributed by atoms with Crippen LogP contribution >= 0.6 is 34.4 Å². The molecule has 1 saturated heterocycles. The summed E-state index contributed by atoms with van der Waals surface area (Å²) in [5.74, 6) is -0.896. The Balaban J connectivity index is 1.75. The van der Waals surface area contributed by atoms with Crippen molar-refractivity contribution in [1.29, 1.82) is 0 Å². The molecule has 1 aliphatic rings. The van der Waals surface area contributed by atoms with Gasteiger partial charge in [0.25, 0.3) is 11.1 Å². The number of carbonyl (C=O) groups excluding carboxylic acids is 3. The molecule has 0 bridgehead atoms. The summed E-state index contributed by atoms with van der Waals surface area (Å²) in [5, 5.41) is 12.1. The highest BCUT2D eigenvalue weighted by atomic mass is 127. The minimum atomic E-state index is -0.575. The molecular formula is C20H17IN2O6S. The summed E-state index contributed by atoms with van der Waals surface area (Å²) < 4.78 is 11.2. The number of nitrogens with one attached hydrogen (secondary N) is 1. The van der Waals surface area contributed by atoms with Crippen LogP contribution in [0.25, 0.3) is 6.08 Å². The van der Waals surface area contributed by atoms with Gasteiger partial charge in [-0.05, 0) is 82.4 Å². The van der Waals surface area contributed by atoms with Gasteiger partial charge < -0.3 is 19.9 Å². The quantitative estimate of drug-likeness (QED) is 0.426. The standard InChI is InChI=1S/C20H17IN2O6S/c1-28-14-7-11(8-15(29-2)18(14)25)9-16-19(26)23(20(27)30-16)10-17(24)22-13-5-3-12(21)4-6-13/h3-9,25H,10H2,1-2H3,(H,22,24)/b16-9+. The number of hydrogen-bond donors (Lipinski definition) is 2. The van der Waals surface area contributed by atoms with Gasteiger partial charge in [0.2, 0.25) is 11.7 Å². The van der Waals surface area contributed by atoms with Crippen LogP contribution in [0, 0.1) is 3.57 Å². The van der Waals surface area contributed by atoms with E-state index in [9.17, 15) is 19.5 Å². The average molecular weight is 540 g/mol. The Morgan fingerprint density at radius 3 is 2.33 bits per heavy atom. The lowest BCUT2D eigenvalue weighted by Gasteiger charge is -2.12. The Hall–Kier alpha value is -2.73. The Bertz CT molecular complexity index is 1010. The van der Waals surface area contributed by atoms with E-state index in [1.54, 1.807) is 12.1 Å². The molecule has 0 atom stereocenters. The number of phenols is 1. The van der Waals surface area contributed by atoms with Gasteiger partial charge in [-0.2, -0.15) is 0 Å². The van der Waals surface area contributed by atoms with Crippen LogP contribution in [-0.4, -0.2) is 47.8 Å². The number of aromatic hydroxyl groups is 1. The topological polar surface area (TPSA) is 105 Å². The summed E-state index contributed by atoms with van der Waals surface area (Å²) >= 11 is 2.88. The van der Waals surface area contributed by atoms with E-state index in [0.717, 1.165) is 20.2 Å². The number of phenolic OH excluding ortho intramolecular Hbond substituents is 1. The summed E-state index contributed by atoms with van der Waals surface area (Å²) in [6.45, 7) is -0.393. The number of nitrogens with zero attached hydrogens (tertiary/aromatic N) is 1. The second-order valence-corrected chi connectivity index (χ2v) is 8.34. The fraction of sp³-hybridized carbons (Fsp3) is 0.150. The van der Waals surface area contributed by atoms with Crippen LogP contribution < -0.4 is 14.8 Å². The Morgan fingerprint density at radius 2 is 1.77 bits per heavy atom. The molecule has 3 amide bonds. The van der Waals surface area contributed by atoms with Crippen LogP contribution in [0.15, 0.2) is 41.3 Å². The molecule has 2 aromatic rings. The van der Waals surface area contributed by atoms with Gasteiger partial charge in [-0.25, -0.2) is 0 Å². The van der Waals surface area contributed by atoms with E-state index in [4.69, 9.17) is 9.47 Å². The van der Waals surface area contributed by atoms with Crippen LogP contribution in [0.5, 0.6) is 17.2 Å². The highest BCUT2D eigenvalue weighted by Gasteiger charge is 2.36. The largest absolute Gasteiger partial charge is 0.502 e. The minimum Gasteiger partial charge on any atom is -0.502 e. The first-order valence-corrected chi connectivity index (χ1v) is 10.5. The Labute approximate surface area is 190 Å². The first-order valence-electron chi connectivity index (χ1n) is 8.58. The molecule has 0 aromatic heterocycles. The van der Waals surface area contributed by atoms with Crippen LogP contribution in [-0.2, 0) is 9.59 Å². The maximum atomic E-state index is 12.7. The first-order chi connectivity index (χ1) is 14.3. The molecule has 0 aliphatic carbocycles. The number of amides is 3. The monoisotopic (exact) mass is 540 g/mol. The number of imide groups is 1. The van der Waals surface area contributed by atoms with Crippen molar-refractivity contribution in [3.8, 4) is 17.2 Å². The van der Waals surface area contributed by atoms with Gasteiger partial charge in [-0.15, -0.1) is 0 Å². The highest BCUT2D eigenvalue weighted by Crippen LogP contribution is 2.39. The van der Waals surface area contributed by atoms with Gasteiger partial charge in [-0.3, -0.25) is 19.3 Å². The van der Waals surface area contributed by atoms with Crippen molar-refractivity contribution in [2.24, 2.45) is 0 Å². The average Bonchev–Trinajstić information content (AvgIpc) is 2.98. The fourth-order valence-corrected chi connectivity index (χ4v) is 3.86. The molecule has 1 fully saturated rings. The number of benzene rings is 2. The highest BCUT2D eigenvalue weighted by molar-refractivity contribution is 14.1. The number of methoxy groups -OCH3 is 2. The second kappa shape index (κ2) is 9.39. The molecule has 10 heteroatoms. The van der Waals surface area contributed by atoms with Crippen LogP contribution in [0.1, 0.15) is 5.56 Å². The van der Waals surface area contributed by atoms with E-state index in [1.165, 1.54) is 32.4 Å². The van der Waals surface area contributed by atoms with Crippen LogP contribution in [0.2, 0.25) is 0 Å². The molecule has 156 valence electrons. The van der Waals surface area contributed by atoms with Gasteiger partial charge in [0.05, 0.1) is 19.1 Å². The molecule has 0 spiro atoms. The van der Waals surface area contributed by atoms with Crippen LogP contribution in [0.4, 0.5) is 10.5 Å². The predicted octanol–water partition coefficient (Wildman–Crippen LogP) is 3.69. The minimum absolute atomic E-state index is 0.150. The van der Waals surface area contributed by atoms with Crippen molar-refractivity contribution >= 4 is 63.2 Å². The maximum absolute atomic E-state index is 12.7. The van der Waals surface area contributed by atoms with Gasteiger partial charge in [0, 0.05) is 9.26 Å². The molecule has 8 nitrogen and oxygen atoms in total. The number of carbonyl (C=O) groups is 3. The predicted molar refractivity (Wildman–Crippen MR) is 122 cm³/mol. The molecule has 1 aliphatic heterocycles. The molecule has 0 saturated carbocycles. The number of ether oxygens (including phenoxy) is 2. The van der Waals surface area contributed by atoms with Crippen molar-refractivity contribution in [3.63, 3.8) is 0 Å². The van der Waals surface area contributed by atoms with Gasteiger partial charge >= 0.3 is 0 Å². The van der Waals surface area contributed by atoms with Crippen molar-refractivity contribution in [1.82, 2.24) is 4.90 Å². The lowest BCUT2D eigenvalue weighted by Crippen LogP contribution is -2.36. The first kappa shape index (κ1) is 22.0. The summed E-state index contributed by atoms with van der Waals surface area (Å²) in [7, 11) is 2.77. The number of halogens is 1. The zero-order chi connectivity index (χ0) is 21.8. The molecule has 1 heterocycles. The van der Waals surface area contributed by atoms with Crippen molar-refractivity contribution < 1.29 is 29.0 Å². The molecular weight excluding hydrogens is 523 g/mol. The smallest absolute Gasteiger partial charge is 0.294 e. The van der Waals surface area contributed by atoms with E-state index in [1.807, 2.05) is 12.1 Å². The molecule has 0 radical (unpaired) electrons. The Morgan fingerprint density at radius 1 is 1.17 bits per heavy atom. The summed E-state index contributed by atoms with van der Waals surface area (Å²) in [6, 6.07) is 10.2. The number of hydrogen-bond acceptors (Lipinski definition) is 7. The van der Waals surface area contributed by atoms with Crippen molar-refractivity contribution in [3.05, 3.63) is 50.4 Å². The number of rotatable bonds is 6. The molecule has 2 aromatic carbocycles. The zero-order valence-corrected chi connectivity index (χ0v) is 18.9. The lowest BCUT2D eigenvalue weighted by molar-refractivity contribution is -0.127. The third kappa shape index (κ3) is 4.87. The van der Waals surface area contributed by atoms with E-state index in [0.29, 0.717) is 11.3 Å². The summed E-state index contributed by atoms with van der Waals surface area (Å²) in [5.41, 5.74) is 1.07. The maximum Gasteiger partial charge on any atom is 0.294 e. The molecule has 30 heavy (non-hydrogen) atoms. The van der Waals surface area contributed by atoms with E-state index < -0.39 is 23.6 Å². The summed E-state index contributed by atoms with van der Waals surface area (Å²) in [4.78, 5) is 38.2. The van der Waals surface area contributed by atoms with Crippen molar-refractivity contribution in [2.75, 3.05) is 26.1 Å². The normalized spacial score (nSPS) is 14.9. The van der Waals surface area contributed by atoms with Gasteiger partial charge in [-0.1, -0.05) is 0 Å². The molecule has 3 rings (SSSR count). The fourth-order valence-electron chi connectivity index (χ4n) is 2.66. The SMILES string of the molecule is COc1cc(/C=C2/SC(=O)N(CC(=O)Nc3ccc(I)cc3)C2=O)cc(OC)c1O. The third-order valence-electron chi connectivity index (χ3n) is 4.10.